The number of nitrogens with zero attached hydrogens (tertiary/aromatic N) is 3. The van der Waals surface area contributed by atoms with E-state index in [1.807, 2.05) is 60.7 Å². The van der Waals surface area contributed by atoms with Crippen molar-refractivity contribution in [2.45, 2.75) is 13.1 Å². The van der Waals surface area contributed by atoms with Gasteiger partial charge in [0, 0.05) is 40.4 Å². The Kier molecular flexibility index (Phi) is 9.76. The summed E-state index contributed by atoms with van der Waals surface area (Å²) in [6.07, 6.45) is 0. The van der Waals surface area contributed by atoms with Gasteiger partial charge in [0.15, 0.2) is 0 Å². The Labute approximate surface area is 200 Å². The Hall–Kier alpha value is -3.55. The number of amides is 2. The molecular weight excluding hydrogens is 430 g/mol. The summed E-state index contributed by atoms with van der Waals surface area (Å²) in [4.78, 5) is 34.5. The van der Waals surface area contributed by atoms with E-state index < -0.39 is 0 Å². The zero-order valence-electron chi connectivity index (χ0n) is 19.7. The van der Waals surface area contributed by atoms with E-state index in [0.29, 0.717) is 39.4 Å². The minimum absolute atomic E-state index is 0.226. The number of hydrogen-bond acceptors (Lipinski definition) is 5. The molecule has 0 fully saturated rings. The van der Waals surface area contributed by atoms with Gasteiger partial charge in [-0.25, -0.2) is 4.98 Å². The lowest BCUT2D eigenvalue weighted by molar-refractivity contribution is 0.0665. The highest BCUT2D eigenvalue weighted by molar-refractivity contribution is 5.96. The van der Waals surface area contributed by atoms with Gasteiger partial charge in [0.25, 0.3) is 11.8 Å². The number of hydrogen-bond donors (Lipinski definition) is 0. The van der Waals surface area contributed by atoms with E-state index in [-0.39, 0.29) is 23.2 Å². The fourth-order valence-corrected chi connectivity index (χ4v) is 3.51. The lowest BCUT2D eigenvalue weighted by atomic mass is 10.2. The molecule has 2 aromatic carbocycles. The van der Waals surface area contributed by atoms with Gasteiger partial charge < -0.3 is 19.3 Å². The molecule has 0 saturated carbocycles. The summed E-state index contributed by atoms with van der Waals surface area (Å²) in [6.45, 7) is 2.49. The fourth-order valence-electron chi connectivity index (χ4n) is 3.51. The lowest BCUT2D eigenvalue weighted by Crippen LogP contribution is -2.36. The molecule has 3 aromatic rings. The molecule has 0 atom stereocenters. The van der Waals surface area contributed by atoms with E-state index in [1.54, 1.807) is 42.2 Å². The van der Waals surface area contributed by atoms with Gasteiger partial charge in [0.1, 0.15) is 11.4 Å². The SMILES string of the molecule is COCCN(Cc1ccccc1)C(=O)c1cccc(C(=O)N(CCOC)Cc2ccccc2)n1. The van der Waals surface area contributed by atoms with E-state index in [4.69, 9.17) is 9.47 Å². The number of carbonyl (C=O) groups is 2. The van der Waals surface area contributed by atoms with Crippen molar-refractivity contribution in [1.82, 2.24) is 14.8 Å². The summed E-state index contributed by atoms with van der Waals surface area (Å²) in [5.74, 6) is -0.496. The molecule has 34 heavy (non-hydrogen) atoms. The van der Waals surface area contributed by atoms with Crippen LogP contribution in [0.2, 0.25) is 0 Å². The molecule has 0 bridgehead atoms. The van der Waals surface area contributed by atoms with Crippen LogP contribution in [0.3, 0.4) is 0 Å². The average molecular weight is 462 g/mol. The summed E-state index contributed by atoms with van der Waals surface area (Å²) < 4.78 is 10.4. The molecule has 1 aromatic heterocycles. The number of carbonyl (C=O) groups excluding carboxylic acids is 2. The van der Waals surface area contributed by atoms with Gasteiger partial charge in [-0.2, -0.15) is 0 Å². The molecule has 3 rings (SSSR count). The quantitative estimate of drug-likeness (QED) is 0.412. The monoisotopic (exact) mass is 461 g/mol. The maximum atomic E-state index is 13.3. The van der Waals surface area contributed by atoms with Crippen LogP contribution in [0.25, 0.3) is 0 Å². The van der Waals surface area contributed by atoms with Gasteiger partial charge in [-0.1, -0.05) is 66.7 Å². The number of ether oxygens (including phenoxy) is 2. The summed E-state index contributed by atoms with van der Waals surface area (Å²) >= 11 is 0. The highest BCUT2D eigenvalue weighted by Crippen LogP contribution is 2.13. The zero-order valence-corrected chi connectivity index (χ0v) is 19.7. The van der Waals surface area contributed by atoms with Gasteiger partial charge in [-0.3, -0.25) is 9.59 Å². The minimum Gasteiger partial charge on any atom is -0.383 e. The second-order valence-corrected chi connectivity index (χ2v) is 7.82. The largest absolute Gasteiger partial charge is 0.383 e. The van der Waals surface area contributed by atoms with Crippen LogP contribution in [0.4, 0.5) is 0 Å². The van der Waals surface area contributed by atoms with E-state index in [2.05, 4.69) is 4.98 Å². The number of methoxy groups -OCH3 is 2. The Morgan fingerprint density at radius 3 is 1.44 bits per heavy atom. The summed E-state index contributed by atoms with van der Waals surface area (Å²) in [5.41, 5.74) is 2.47. The van der Waals surface area contributed by atoms with Crippen LogP contribution in [-0.4, -0.2) is 67.1 Å². The molecule has 0 aliphatic carbocycles. The van der Waals surface area contributed by atoms with Crippen LogP contribution in [0.1, 0.15) is 32.1 Å². The Morgan fingerprint density at radius 1 is 0.647 bits per heavy atom. The molecule has 0 aliphatic rings. The Balaban J connectivity index is 1.80. The maximum absolute atomic E-state index is 13.3. The molecule has 0 radical (unpaired) electrons. The van der Waals surface area contributed by atoms with Gasteiger partial charge in [-0.05, 0) is 23.3 Å². The molecule has 0 N–H and O–H groups in total. The third kappa shape index (κ3) is 7.23. The molecule has 1 heterocycles. The number of rotatable bonds is 12. The van der Waals surface area contributed by atoms with E-state index >= 15 is 0 Å². The predicted molar refractivity (Wildman–Crippen MR) is 130 cm³/mol. The van der Waals surface area contributed by atoms with Crippen molar-refractivity contribution in [3.05, 3.63) is 101 Å². The third-order valence-corrected chi connectivity index (χ3v) is 5.32. The highest BCUT2D eigenvalue weighted by atomic mass is 16.5. The van der Waals surface area contributed by atoms with Crippen LogP contribution in [0.5, 0.6) is 0 Å². The van der Waals surface area contributed by atoms with E-state index in [0.717, 1.165) is 11.1 Å². The first-order chi connectivity index (χ1) is 16.6. The third-order valence-electron chi connectivity index (χ3n) is 5.32. The average Bonchev–Trinajstić information content (AvgIpc) is 2.89. The van der Waals surface area contributed by atoms with Crippen molar-refractivity contribution in [3.8, 4) is 0 Å². The maximum Gasteiger partial charge on any atom is 0.272 e. The van der Waals surface area contributed by atoms with Crippen LogP contribution in [0, 0.1) is 0 Å². The molecule has 7 nitrogen and oxygen atoms in total. The van der Waals surface area contributed by atoms with Crippen molar-refractivity contribution in [3.63, 3.8) is 0 Å². The molecule has 7 heteroatoms. The predicted octanol–water partition coefficient (Wildman–Crippen LogP) is 3.66. The zero-order chi connectivity index (χ0) is 24.2. The van der Waals surface area contributed by atoms with Gasteiger partial charge in [0.05, 0.1) is 13.2 Å². The minimum atomic E-state index is -0.248. The Bertz CT molecular complexity index is 963. The number of benzene rings is 2. The van der Waals surface area contributed by atoms with Crippen molar-refractivity contribution >= 4 is 11.8 Å². The molecule has 178 valence electrons. The van der Waals surface area contributed by atoms with E-state index in [9.17, 15) is 9.59 Å². The smallest absolute Gasteiger partial charge is 0.272 e. The van der Waals surface area contributed by atoms with Crippen LogP contribution >= 0.6 is 0 Å². The second kappa shape index (κ2) is 13.2. The fraction of sp³-hybridized carbons (Fsp3) is 0.296. The first kappa shape index (κ1) is 25.1. The summed E-state index contributed by atoms with van der Waals surface area (Å²) in [6, 6.07) is 24.5. The van der Waals surface area contributed by atoms with Crippen molar-refractivity contribution in [2.24, 2.45) is 0 Å². The first-order valence-electron chi connectivity index (χ1n) is 11.2. The molecule has 0 unspecified atom stereocenters. The number of pyridine rings is 1. The normalized spacial score (nSPS) is 10.6. The standard InChI is InChI=1S/C27H31N3O4/c1-33-18-16-29(20-22-10-5-3-6-11-22)26(31)24-14-9-15-25(28-24)27(32)30(17-19-34-2)21-23-12-7-4-8-13-23/h3-15H,16-21H2,1-2H3. The molecular formula is C27H31N3O4. The van der Waals surface area contributed by atoms with Crippen molar-refractivity contribution in [1.29, 1.82) is 0 Å². The summed E-state index contributed by atoms with van der Waals surface area (Å²) in [7, 11) is 3.20. The topological polar surface area (TPSA) is 72.0 Å². The summed E-state index contributed by atoms with van der Waals surface area (Å²) in [5, 5.41) is 0. The van der Waals surface area contributed by atoms with Gasteiger partial charge in [0.2, 0.25) is 0 Å². The first-order valence-corrected chi connectivity index (χ1v) is 11.2. The molecule has 2 amide bonds. The molecule has 0 spiro atoms. The molecule has 0 saturated heterocycles. The lowest BCUT2D eigenvalue weighted by Gasteiger charge is -2.24. The van der Waals surface area contributed by atoms with Gasteiger partial charge in [-0.15, -0.1) is 0 Å². The highest BCUT2D eigenvalue weighted by Gasteiger charge is 2.22. The number of aromatic nitrogens is 1. The van der Waals surface area contributed by atoms with Crippen LogP contribution < -0.4 is 0 Å². The van der Waals surface area contributed by atoms with E-state index in [1.165, 1.54) is 0 Å². The Morgan fingerprint density at radius 2 is 1.06 bits per heavy atom. The van der Waals surface area contributed by atoms with Crippen molar-refractivity contribution in [2.75, 3.05) is 40.5 Å². The van der Waals surface area contributed by atoms with Crippen LogP contribution in [-0.2, 0) is 22.6 Å². The molecule has 0 aliphatic heterocycles. The second-order valence-electron chi connectivity index (χ2n) is 7.82. The van der Waals surface area contributed by atoms with Crippen molar-refractivity contribution < 1.29 is 19.1 Å². The van der Waals surface area contributed by atoms with Gasteiger partial charge >= 0.3 is 0 Å². The van der Waals surface area contributed by atoms with Crippen LogP contribution in [0.15, 0.2) is 78.9 Å².